The van der Waals surface area contributed by atoms with Crippen LogP contribution in [0.5, 0.6) is 0 Å². The molecule has 0 spiro atoms. The van der Waals surface area contributed by atoms with E-state index >= 15 is 0 Å². The van der Waals surface area contributed by atoms with Gasteiger partial charge in [0.05, 0.1) is 0 Å². The van der Waals surface area contributed by atoms with E-state index < -0.39 is 0 Å². The molecule has 1 aliphatic heterocycles. The van der Waals surface area contributed by atoms with Crippen LogP contribution in [0.15, 0.2) is 12.2 Å². The Balaban J connectivity index is 2.37. The second-order valence-corrected chi connectivity index (χ2v) is 6.79. The third kappa shape index (κ3) is 7.67. The zero-order valence-electron chi connectivity index (χ0n) is 11.2. The van der Waals surface area contributed by atoms with Crippen LogP contribution in [0.1, 0.15) is 32.6 Å². The van der Waals surface area contributed by atoms with Crippen LogP contribution in [0.25, 0.3) is 0 Å². The number of ether oxygens (including phenoxy) is 1. The Bertz CT molecular complexity index is 372. The van der Waals surface area contributed by atoms with E-state index in [4.69, 9.17) is 21.2 Å². The molecule has 19 heavy (non-hydrogen) atoms. The molecule has 7 heteroatoms. The first-order valence-electron chi connectivity index (χ1n) is 6.39. The molecule has 0 unspecified atom stereocenters. The van der Waals surface area contributed by atoms with E-state index in [0.29, 0.717) is 19.9 Å². The number of carbonyl (C=O) groups excluding carboxylic acids is 1. The van der Waals surface area contributed by atoms with Crippen LogP contribution in [0, 0.1) is 0 Å². The molecule has 0 amide bonds. The van der Waals surface area contributed by atoms with Crippen LogP contribution in [0.3, 0.4) is 0 Å². The van der Waals surface area contributed by atoms with Gasteiger partial charge in [-0.1, -0.05) is 0 Å². The predicted molar refractivity (Wildman–Crippen MR) is 85.4 cm³/mol. The van der Waals surface area contributed by atoms with Gasteiger partial charge in [0.1, 0.15) is 0 Å². The standard InChI is InChI=1S/C12H19BO3PS2/c1-3-19-12(14)8-11-7-9(2)6-10(16-11)4-5-15-13-17-18/h10-11H,2-8H2,1H3/q+1/t10-,11+/m0/s1. The Hall–Kier alpha value is 0.395. The molecule has 1 heterocycles. The summed E-state index contributed by atoms with van der Waals surface area (Å²) in [7, 11) is 0. The second kappa shape index (κ2) is 10.2. The van der Waals surface area contributed by atoms with Gasteiger partial charge >= 0.3 is 126 Å². The van der Waals surface area contributed by atoms with Crippen molar-refractivity contribution in [3.8, 4) is 0 Å². The summed E-state index contributed by atoms with van der Waals surface area (Å²) in [5.41, 5.74) is 1.17. The van der Waals surface area contributed by atoms with E-state index in [0.717, 1.165) is 25.0 Å². The van der Waals surface area contributed by atoms with Crippen molar-refractivity contribution in [2.24, 2.45) is 0 Å². The summed E-state index contributed by atoms with van der Waals surface area (Å²) in [5, 5.41) is 0.204. The number of carbonyl (C=O) groups is 1. The van der Waals surface area contributed by atoms with Crippen molar-refractivity contribution in [1.82, 2.24) is 0 Å². The topological polar surface area (TPSA) is 35.5 Å². The normalized spacial score (nSPS) is 22.9. The Morgan fingerprint density at radius 3 is 3.05 bits per heavy atom. The van der Waals surface area contributed by atoms with Gasteiger partial charge in [-0.15, -0.1) is 0 Å². The summed E-state index contributed by atoms with van der Waals surface area (Å²) in [6, 6.07) is 0. The maximum atomic E-state index is 11.6. The quantitative estimate of drug-likeness (QED) is 0.312. The minimum atomic E-state index is -0.0149. The third-order valence-corrected chi connectivity index (χ3v) is 4.06. The average molecular weight is 317 g/mol. The van der Waals surface area contributed by atoms with Gasteiger partial charge in [0, 0.05) is 0 Å². The Morgan fingerprint density at radius 1 is 1.63 bits per heavy atom. The average Bonchev–Trinajstić information content (AvgIpc) is 2.34. The Morgan fingerprint density at radius 2 is 2.37 bits per heavy atom. The number of thioether (sulfide) groups is 1. The number of hydrogen-bond acceptors (Lipinski definition) is 5. The van der Waals surface area contributed by atoms with Gasteiger partial charge in [0.2, 0.25) is 0 Å². The molecular weight excluding hydrogens is 298 g/mol. The van der Waals surface area contributed by atoms with Crippen LogP contribution in [0.2, 0.25) is 0 Å². The number of hydrogen-bond donors (Lipinski definition) is 0. The van der Waals surface area contributed by atoms with Gasteiger partial charge in [-0.2, -0.15) is 0 Å². The first-order chi connectivity index (χ1) is 9.15. The van der Waals surface area contributed by atoms with Crippen LogP contribution >= 0.6 is 18.6 Å². The van der Waals surface area contributed by atoms with E-state index in [1.54, 1.807) is 6.82 Å². The minimum absolute atomic E-state index is 0.0149. The van der Waals surface area contributed by atoms with Crippen molar-refractivity contribution in [2.45, 2.75) is 44.8 Å². The second-order valence-electron chi connectivity index (χ2n) is 4.42. The molecule has 0 radical (unpaired) electrons. The fourth-order valence-electron chi connectivity index (χ4n) is 2.07. The number of rotatable bonds is 7. The molecule has 0 bridgehead atoms. The van der Waals surface area contributed by atoms with Gasteiger partial charge in [-0.05, 0) is 0 Å². The molecule has 0 aromatic carbocycles. The van der Waals surface area contributed by atoms with Crippen LogP contribution in [-0.4, -0.2) is 36.5 Å². The molecule has 0 aromatic heterocycles. The zero-order valence-corrected chi connectivity index (χ0v) is 13.7. The SMILES string of the molecule is C=C1C[C@H](CC(=O)SCC)O[C@@H](CCOB=[P+]=S)C1. The molecule has 1 rings (SSSR count). The van der Waals surface area contributed by atoms with Gasteiger partial charge in [0.15, 0.2) is 0 Å². The van der Waals surface area contributed by atoms with Crippen molar-refractivity contribution in [2.75, 3.05) is 12.4 Å². The molecule has 1 saturated heterocycles. The molecule has 0 aromatic rings. The fourth-order valence-corrected chi connectivity index (χ4v) is 3.05. The maximum absolute atomic E-state index is 11.6. The fraction of sp³-hybridized carbons (Fsp3) is 0.750. The Kier molecular flexibility index (Phi) is 9.34. The van der Waals surface area contributed by atoms with Crippen molar-refractivity contribution in [3.63, 3.8) is 0 Å². The van der Waals surface area contributed by atoms with E-state index in [1.807, 2.05) is 6.92 Å². The summed E-state index contributed by atoms with van der Waals surface area (Å²) in [4.78, 5) is 11.6. The Labute approximate surface area is 126 Å². The first-order valence-corrected chi connectivity index (χ1v) is 9.35. The van der Waals surface area contributed by atoms with Gasteiger partial charge in [0.25, 0.3) is 0 Å². The summed E-state index contributed by atoms with van der Waals surface area (Å²) >= 11 is 6.10. The molecule has 1 fully saturated rings. The molecule has 0 saturated carbocycles. The molecule has 0 aliphatic carbocycles. The first kappa shape index (κ1) is 17.4. The summed E-state index contributed by atoms with van der Waals surface area (Å²) in [5.74, 6) is 0.819. The molecular formula is C12H19BO3PS2+. The third-order valence-electron chi connectivity index (χ3n) is 2.79. The van der Waals surface area contributed by atoms with Crippen molar-refractivity contribution < 1.29 is 14.2 Å². The van der Waals surface area contributed by atoms with Gasteiger partial charge in [-0.25, -0.2) is 0 Å². The molecule has 0 N–H and O–H groups in total. The zero-order chi connectivity index (χ0) is 14.1. The van der Waals surface area contributed by atoms with Crippen LogP contribution < -0.4 is 0 Å². The van der Waals surface area contributed by atoms with E-state index in [-0.39, 0.29) is 17.3 Å². The molecule has 3 nitrogen and oxygen atoms in total. The van der Waals surface area contributed by atoms with Crippen molar-refractivity contribution >= 4 is 42.4 Å². The summed E-state index contributed by atoms with van der Waals surface area (Å²) in [6.45, 7) is 8.95. The van der Waals surface area contributed by atoms with Crippen molar-refractivity contribution in [1.29, 1.82) is 0 Å². The summed E-state index contributed by atoms with van der Waals surface area (Å²) < 4.78 is 11.2. The van der Waals surface area contributed by atoms with Crippen LogP contribution in [-0.2, 0) is 26.0 Å². The summed E-state index contributed by atoms with van der Waals surface area (Å²) in [6.07, 6.45) is 3.04. The molecule has 1 aliphatic rings. The van der Waals surface area contributed by atoms with Gasteiger partial charge < -0.3 is 0 Å². The van der Waals surface area contributed by atoms with E-state index in [9.17, 15) is 4.79 Å². The van der Waals surface area contributed by atoms with Gasteiger partial charge in [-0.3, -0.25) is 0 Å². The van der Waals surface area contributed by atoms with Crippen LogP contribution in [0.4, 0.5) is 0 Å². The predicted octanol–water partition coefficient (Wildman–Crippen LogP) is 3.11. The van der Waals surface area contributed by atoms with E-state index in [1.165, 1.54) is 17.3 Å². The van der Waals surface area contributed by atoms with E-state index in [2.05, 4.69) is 6.58 Å². The molecule has 104 valence electrons. The monoisotopic (exact) mass is 317 g/mol. The molecule has 2 atom stereocenters. The van der Waals surface area contributed by atoms with Crippen molar-refractivity contribution in [3.05, 3.63) is 12.2 Å².